The summed E-state index contributed by atoms with van der Waals surface area (Å²) in [5, 5.41) is 10.6. The summed E-state index contributed by atoms with van der Waals surface area (Å²) in [6.45, 7) is 4.30. The number of unbranched alkanes of at least 4 members (excludes halogenated alkanes) is 15. The molecule has 104 heavy (non-hydrogen) atoms. The van der Waals surface area contributed by atoms with Crippen LogP contribution in [0.15, 0.2) is 182 Å². The van der Waals surface area contributed by atoms with Gasteiger partial charge in [0.25, 0.3) is 0 Å². The van der Waals surface area contributed by atoms with Crippen LogP contribution >= 0.6 is 15.6 Å². The number of carbonyl (C=O) groups excluding carboxylic acids is 4. The standard InChI is InChI=1S/C85H136O17P2/c1-5-9-13-17-21-25-29-32-35-37-39-41-44-47-51-54-58-62-66-70-83(88)96-76-81(102-85(90)72-68-64-60-56-52-48-45-42-40-38-36-33-30-26-22-18-14-10-6-2)78-100-104(93,94)98-74-79(86)73-97-103(91,92)99-77-80(101-84(89)71-67-63-59-55-49-28-24-20-16-12-8-4)75-95-82(87)69-65-61-57-53-50-46-43-34-31-27-23-19-15-11-7-3/h9-11,13-15,20-27,32-36,39-43,47,50-51,53,58,62,79-81,86H,5-8,12,16-19,28-31,37-38,44-46,48-49,52,54-57,59-61,63-78H2,1-4H3,(H,91,92)(H,93,94)/b13-9-,14-10-,15-11-,24-20-,25-21-,26-22-,27-23-,35-32-,36-33-,41-39-,42-40-,43-34-,51-47-,53-50-,62-58-. The average molecular weight is 1490 g/mol. The second kappa shape index (κ2) is 75.4. The van der Waals surface area contributed by atoms with Crippen LogP contribution in [0, 0.1) is 0 Å². The Morgan fingerprint density at radius 2 is 0.519 bits per heavy atom. The van der Waals surface area contributed by atoms with Gasteiger partial charge in [0, 0.05) is 25.7 Å². The summed E-state index contributed by atoms with van der Waals surface area (Å²) in [6.07, 6.45) is 90.5. The largest absolute Gasteiger partial charge is 0.472 e. The van der Waals surface area contributed by atoms with Gasteiger partial charge in [0.15, 0.2) is 12.2 Å². The summed E-state index contributed by atoms with van der Waals surface area (Å²) >= 11 is 0. The maximum absolute atomic E-state index is 13.1. The second-order valence-corrected chi connectivity index (χ2v) is 28.1. The van der Waals surface area contributed by atoms with Crippen molar-refractivity contribution < 1.29 is 80.2 Å². The number of hydrogen-bond acceptors (Lipinski definition) is 15. The molecule has 0 fully saturated rings. The number of carbonyl (C=O) groups is 4. The van der Waals surface area contributed by atoms with Gasteiger partial charge < -0.3 is 33.8 Å². The molecule has 0 radical (unpaired) electrons. The van der Waals surface area contributed by atoms with Gasteiger partial charge >= 0.3 is 39.5 Å². The number of phosphoric ester groups is 2. The first-order valence-corrected chi connectivity index (χ1v) is 42.0. The van der Waals surface area contributed by atoms with Crippen molar-refractivity contribution in [1.29, 1.82) is 0 Å². The van der Waals surface area contributed by atoms with Crippen molar-refractivity contribution in [2.75, 3.05) is 39.6 Å². The summed E-state index contributed by atoms with van der Waals surface area (Å²) in [7, 11) is -10.0. The molecular formula is C85H136O17P2. The summed E-state index contributed by atoms with van der Waals surface area (Å²) in [4.78, 5) is 72.9. The summed E-state index contributed by atoms with van der Waals surface area (Å²) in [6, 6.07) is 0. The van der Waals surface area contributed by atoms with Crippen molar-refractivity contribution in [2.45, 2.75) is 290 Å². The maximum atomic E-state index is 13.1. The third-order valence-electron chi connectivity index (χ3n) is 15.4. The van der Waals surface area contributed by atoms with Crippen LogP contribution in [0.1, 0.15) is 272 Å². The van der Waals surface area contributed by atoms with E-state index in [4.69, 9.17) is 37.0 Å². The van der Waals surface area contributed by atoms with Crippen molar-refractivity contribution in [2.24, 2.45) is 0 Å². The molecule has 0 aliphatic heterocycles. The summed E-state index contributed by atoms with van der Waals surface area (Å²) in [5.74, 6) is -2.36. The molecule has 0 heterocycles. The van der Waals surface area contributed by atoms with Gasteiger partial charge in [0.1, 0.15) is 19.3 Å². The number of phosphoric acid groups is 2. The first-order valence-electron chi connectivity index (χ1n) is 39.0. The molecule has 0 aromatic rings. The Labute approximate surface area is 628 Å². The van der Waals surface area contributed by atoms with E-state index in [-0.39, 0.29) is 25.7 Å². The molecule has 19 heteroatoms. The molecule has 588 valence electrons. The molecule has 0 spiro atoms. The van der Waals surface area contributed by atoms with Gasteiger partial charge in [-0.25, -0.2) is 9.13 Å². The Morgan fingerprint density at radius 1 is 0.279 bits per heavy atom. The highest BCUT2D eigenvalue weighted by Gasteiger charge is 2.30. The van der Waals surface area contributed by atoms with E-state index < -0.39 is 97.5 Å². The first-order chi connectivity index (χ1) is 50.7. The van der Waals surface area contributed by atoms with Crippen LogP contribution in [0.25, 0.3) is 0 Å². The molecule has 17 nitrogen and oxygen atoms in total. The maximum Gasteiger partial charge on any atom is 0.472 e. The van der Waals surface area contributed by atoms with Crippen LogP contribution in [-0.4, -0.2) is 96.7 Å². The monoisotopic (exact) mass is 1490 g/mol. The lowest BCUT2D eigenvalue weighted by Gasteiger charge is -2.21. The van der Waals surface area contributed by atoms with Crippen molar-refractivity contribution >= 4 is 39.5 Å². The number of allylic oxidation sites excluding steroid dienone is 30. The first kappa shape index (κ1) is 98.2. The fraction of sp³-hybridized carbons (Fsp3) is 0.600. The van der Waals surface area contributed by atoms with Crippen LogP contribution in [-0.2, 0) is 65.4 Å². The Morgan fingerprint density at radius 3 is 0.856 bits per heavy atom. The molecule has 3 N–H and O–H groups in total. The Kier molecular flexibility index (Phi) is 71.2. The number of hydrogen-bond donors (Lipinski definition) is 3. The second-order valence-electron chi connectivity index (χ2n) is 25.1. The van der Waals surface area contributed by atoms with Crippen molar-refractivity contribution in [3.63, 3.8) is 0 Å². The Balaban J connectivity index is 5.48. The number of aliphatic hydroxyl groups is 1. The fourth-order valence-electron chi connectivity index (χ4n) is 9.50. The van der Waals surface area contributed by atoms with Gasteiger partial charge in [0.2, 0.25) is 0 Å². The molecule has 0 saturated heterocycles. The minimum Gasteiger partial charge on any atom is -0.462 e. The summed E-state index contributed by atoms with van der Waals surface area (Å²) < 4.78 is 68.4. The molecule has 0 bridgehead atoms. The molecule has 0 aliphatic carbocycles. The lowest BCUT2D eigenvalue weighted by molar-refractivity contribution is -0.161. The van der Waals surface area contributed by atoms with Crippen molar-refractivity contribution in [1.82, 2.24) is 0 Å². The highest BCUT2D eigenvalue weighted by atomic mass is 31.2. The number of aliphatic hydroxyl groups excluding tert-OH is 1. The lowest BCUT2D eigenvalue weighted by Crippen LogP contribution is -2.30. The van der Waals surface area contributed by atoms with Gasteiger partial charge in [-0.3, -0.25) is 37.3 Å². The van der Waals surface area contributed by atoms with Crippen molar-refractivity contribution in [3.8, 4) is 0 Å². The molecule has 5 atom stereocenters. The minimum atomic E-state index is -5.01. The quantitative estimate of drug-likeness (QED) is 0.0169. The normalized spacial score (nSPS) is 14.9. The van der Waals surface area contributed by atoms with E-state index in [0.717, 1.165) is 180 Å². The van der Waals surface area contributed by atoms with Crippen LogP contribution in [0.5, 0.6) is 0 Å². The van der Waals surface area contributed by atoms with E-state index in [1.165, 1.54) is 6.42 Å². The van der Waals surface area contributed by atoms with E-state index in [9.17, 15) is 43.2 Å². The predicted octanol–water partition coefficient (Wildman–Crippen LogP) is 22.8. The molecule has 0 saturated carbocycles. The van der Waals surface area contributed by atoms with Crippen LogP contribution in [0.2, 0.25) is 0 Å². The number of esters is 4. The number of rotatable bonds is 71. The third-order valence-corrected chi connectivity index (χ3v) is 17.3. The van der Waals surface area contributed by atoms with Gasteiger partial charge in [-0.15, -0.1) is 0 Å². The average Bonchev–Trinajstić information content (AvgIpc) is 0.928. The van der Waals surface area contributed by atoms with Crippen LogP contribution in [0.3, 0.4) is 0 Å². The molecule has 0 amide bonds. The molecule has 0 rings (SSSR count). The smallest absolute Gasteiger partial charge is 0.462 e. The van der Waals surface area contributed by atoms with E-state index in [1.807, 2.05) is 18.2 Å². The van der Waals surface area contributed by atoms with E-state index in [1.54, 1.807) is 0 Å². The molecular weight excluding hydrogens is 1350 g/mol. The highest BCUT2D eigenvalue weighted by molar-refractivity contribution is 7.47. The number of ether oxygens (including phenoxy) is 4. The zero-order valence-electron chi connectivity index (χ0n) is 64.1. The van der Waals surface area contributed by atoms with E-state index in [2.05, 4.69) is 192 Å². The lowest BCUT2D eigenvalue weighted by atomic mass is 10.1. The third kappa shape index (κ3) is 74.4. The fourth-order valence-corrected chi connectivity index (χ4v) is 11.1. The Hall–Kier alpha value is -5.84. The molecule has 5 unspecified atom stereocenters. The van der Waals surface area contributed by atoms with Gasteiger partial charge in [-0.05, 0) is 161 Å². The van der Waals surface area contributed by atoms with Crippen molar-refractivity contribution in [3.05, 3.63) is 182 Å². The molecule has 0 aromatic heterocycles. The van der Waals surface area contributed by atoms with E-state index >= 15 is 0 Å². The van der Waals surface area contributed by atoms with Crippen LogP contribution < -0.4 is 0 Å². The minimum absolute atomic E-state index is 0.0249. The predicted molar refractivity (Wildman–Crippen MR) is 426 cm³/mol. The SMILES string of the molecule is CC/C=C\C/C=C\C/C=C\C/C=C\C/C=C\C/C=C\CCC(=O)OCC(COP(=O)(O)OCC(O)COP(=O)(O)OCC(COC(=O)CCCC/C=C\C/C=C\C/C=C\C/C=C\CC)OC(=O)CCCCCCC/C=C\CCCC)OC(=O)CCCCCCCC/C=C\C/C=C\C/C=C\C/C=C\CC. The van der Waals surface area contributed by atoms with Gasteiger partial charge in [-0.2, -0.15) is 0 Å². The summed E-state index contributed by atoms with van der Waals surface area (Å²) in [5.41, 5.74) is 0. The zero-order valence-corrected chi connectivity index (χ0v) is 65.9. The topological polar surface area (TPSA) is 237 Å². The van der Waals surface area contributed by atoms with Gasteiger partial charge in [0.05, 0.1) is 26.4 Å². The molecule has 0 aromatic carbocycles. The van der Waals surface area contributed by atoms with E-state index in [0.29, 0.717) is 32.1 Å². The van der Waals surface area contributed by atoms with Gasteiger partial charge in [-0.1, -0.05) is 268 Å². The van der Waals surface area contributed by atoms with Crippen LogP contribution in [0.4, 0.5) is 0 Å². The Bertz CT molecular complexity index is 2690. The highest BCUT2D eigenvalue weighted by Crippen LogP contribution is 2.45. The zero-order chi connectivity index (χ0) is 76.0. The molecule has 0 aliphatic rings.